The topological polar surface area (TPSA) is 37.8 Å². The molecule has 0 saturated carbocycles. The Balaban J connectivity index is 1.76. The van der Waals surface area contributed by atoms with E-state index in [2.05, 4.69) is 25.9 Å². The molecule has 3 aromatic rings. The summed E-state index contributed by atoms with van der Waals surface area (Å²) >= 11 is 7.36. The molecule has 20 heavy (non-hydrogen) atoms. The Hall–Kier alpha value is -2.09. The van der Waals surface area contributed by atoms with Crippen LogP contribution in [0, 0.1) is 11.8 Å². The maximum Gasteiger partial charge on any atom is 0.129 e. The van der Waals surface area contributed by atoms with E-state index in [0.29, 0.717) is 11.6 Å². The molecule has 0 radical (unpaired) electrons. The van der Waals surface area contributed by atoms with Crippen LogP contribution >= 0.6 is 23.3 Å². The first-order valence-corrected chi connectivity index (χ1v) is 7.14. The number of aromatic nitrogens is 2. The van der Waals surface area contributed by atoms with Crippen molar-refractivity contribution in [2.75, 3.05) is 11.9 Å². The number of rotatable bonds is 2. The molecule has 0 aliphatic rings. The van der Waals surface area contributed by atoms with E-state index in [0.717, 1.165) is 22.3 Å². The van der Waals surface area contributed by atoms with Gasteiger partial charge in [-0.15, -0.1) is 0 Å². The normalized spacial score (nSPS) is 10.1. The minimum atomic E-state index is 0.505. The van der Waals surface area contributed by atoms with Gasteiger partial charge in [0.1, 0.15) is 11.0 Å². The highest BCUT2D eigenvalue weighted by Gasteiger charge is 2.08. The number of benzene rings is 2. The largest absolute Gasteiger partial charge is 0.371 e. The van der Waals surface area contributed by atoms with E-state index in [9.17, 15) is 0 Å². The summed E-state index contributed by atoms with van der Waals surface area (Å²) in [6, 6.07) is 13.5. The van der Waals surface area contributed by atoms with Crippen molar-refractivity contribution in [2.24, 2.45) is 0 Å². The lowest BCUT2D eigenvalue weighted by atomic mass is 10.2. The third-order valence-corrected chi connectivity index (χ3v) is 3.59. The van der Waals surface area contributed by atoms with Gasteiger partial charge in [0, 0.05) is 5.56 Å². The van der Waals surface area contributed by atoms with E-state index in [1.165, 1.54) is 11.7 Å². The molecule has 0 saturated heterocycles. The maximum atomic E-state index is 6.18. The third kappa shape index (κ3) is 2.74. The van der Waals surface area contributed by atoms with Crippen molar-refractivity contribution in [3.05, 3.63) is 53.1 Å². The molecule has 3 rings (SSSR count). The smallest absolute Gasteiger partial charge is 0.129 e. The Morgan fingerprint density at radius 1 is 1.10 bits per heavy atom. The summed E-state index contributed by atoms with van der Waals surface area (Å²) in [6.45, 7) is 0.505. The molecule has 98 valence electrons. The van der Waals surface area contributed by atoms with Crippen molar-refractivity contribution in [1.29, 1.82) is 0 Å². The van der Waals surface area contributed by atoms with Gasteiger partial charge >= 0.3 is 0 Å². The summed E-state index contributed by atoms with van der Waals surface area (Å²) in [4.78, 5) is 0. The van der Waals surface area contributed by atoms with Crippen molar-refractivity contribution in [2.45, 2.75) is 0 Å². The fourth-order valence-corrected chi connectivity index (χ4v) is 2.56. The van der Waals surface area contributed by atoms with Crippen LogP contribution in [0.15, 0.2) is 42.5 Å². The molecular formula is C15H10ClN3S. The van der Waals surface area contributed by atoms with Gasteiger partial charge in [-0.2, -0.15) is 8.75 Å². The Kier molecular flexibility index (Phi) is 3.82. The second kappa shape index (κ2) is 5.91. The van der Waals surface area contributed by atoms with Gasteiger partial charge in [-0.3, -0.25) is 0 Å². The first kappa shape index (κ1) is 12.9. The number of fused-ring (bicyclic) bond motifs is 1. The molecule has 0 aliphatic carbocycles. The van der Waals surface area contributed by atoms with Crippen LogP contribution in [0.1, 0.15) is 5.56 Å². The van der Waals surface area contributed by atoms with Gasteiger partial charge in [-0.1, -0.05) is 41.6 Å². The molecule has 1 aromatic heterocycles. The Labute approximate surface area is 125 Å². The van der Waals surface area contributed by atoms with E-state index in [1.54, 1.807) is 0 Å². The minimum Gasteiger partial charge on any atom is -0.371 e. The molecule has 0 amide bonds. The second-order valence-corrected chi connectivity index (χ2v) is 5.01. The molecular weight excluding hydrogens is 290 g/mol. The number of nitrogens with one attached hydrogen (secondary N) is 1. The highest BCUT2D eigenvalue weighted by atomic mass is 35.5. The van der Waals surface area contributed by atoms with E-state index in [1.807, 2.05) is 42.5 Å². The standard InChI is InChI=1S/C15H10ClN3S/c16-12-8-9-13-15(19-20-18-13)14(12)17-10-4-7-11-5-2-1-3-6-11/h1-3,5-6,8-9,17H,10H2. The van der Waals surface area contributed by atoms with Crippen LogP contribution in [0.4, 0.5) is 5.69 Å². The number of halogens is 1. The average molecular weight is 300 g/mol. The van der Waals surface area contributed by atoms with Crippen LogP contribution in [-0.2, 0) is 0 Å². The van der Waals surface area contributed by atoms with Crippen LogP contribution < -0.4 is 5.32 Å². The molecule has 0 fully saturated rings. The Bertz CT molecular complexity index is 787. The number of nitrogens with zero attached hydrogens (tertiary/aromatic N) is 2. The van der Waals surface area contributed by atoms with Gasteiger partial charge in [0.05, 0.1) is 29.0 Å². The van der Waals surface area contributed by atoms with Crippen LogP contribution in [0.3, 0.4) is 0 Å². The maximum absolute atomic E-state index is 6.18. The first-order chi connectivity index (χ1) is 9.84. The molecule has 0 bridgehead atoms. The average Bonchev–Trinajstić information content (AvgIpc) is 2.95. The Morgan fingerprint density at radius 2 is 1.95 bits per heavy atom. The lowest BCUT2D eigenvalue weighted by Crippen LogP contribution is -2.00. The molecule has 0 aliphatic heterocycles. The zero-order valence-electron chi connectivity index (χ0n) is 10.4. The summed E-state index contributed by atoms with van der Waals surface area (Å²) < 4.78 is 8.44. The van der Waals surface area contributed by atoms with Crippen molar-refractivity contribution in [1.82, 2.24) is 8.75 Å². The molecule has 0 spiro atoms. The zero-order chi connectivity index (χ0) is 13.8. The van der Waals surface area contributed by atoms with Gasteiger partial charge < -0.3 is 5.32 Å². The summed E-state index contributed by atoms with van der Waals surface area (Å²) in [6.07, 6.45) is 0. The van der Waals surface area contributed by atoms with E-state index in [4.69, 9.17) is 11.6 Å². The number of hydrogen-bond donors (Lipinski definition) is 1. The van der Waals surface area contributed by atoms with E-state index in [-0.39, 0.29) is 0 Å². The summed E-state index contributed by atoms with van der Waals surface area (Å²) in [5.41, 5.74) is 3.43. The fraction of sp³-hybridized carbons (Fsp3) is 0.0667. The fourth-order valence-electron chi connectivity index (χ4n) is 1.80. The SMILES string of the molecule is Clc1ccc2nsnc2c1NCC#Cc1ccccc1. The summed E-state index contributed by atoms with van der Waals surface area (Å²) in [5, 5.41) is 3.84. The lowest BCUT2D eigenvalue weighted by molar-refractivity contribution is 1.38. The Morgan fingerprint density at radius 3 is 2.80 bits per heavy atom. The van der Waals surface area contributed by atoms with Gasteiger partial charge in [0.25, 0.3) is 0 Å². The third-order valence-electron chi connectivity index (χ3n) is 2.74. The lowest BCUT2D eigenvalue weighted by Gasteiger charge is -2.04. The van der Waals surface area contributed by atoms with Crippen LogP contribution in [0.5, 0.6) is 0 Å². The van der Waals surface area contributed by atoms with Crippen LogP contribution in [0.25, 0.3) is 11.0 Å². The van der Waals surface area contributed by atoms with Crippen molar-refractivity contribution in [3.8, 4) is 11.8 Å². The van der Waals surface area contributed by atoms with Gasteiger partial charge in [-0.05, 0) is 24.3 Å². The van der Waals surface area contributed by atoms with Gasteiger partial charge in [0.2, 0.25) is 0 Å². The van der Waals surface area contributed by atoms with Crippen molar-refractivity contribution < 1.29 is 0 Å². The highest BCUT2D eigenvalue weighted by Crippen LogP contribution is 2.29. The molecule has 0 unspecified atom stereocenters. The zero-order valence-corrected chi connectivity index (χ0v) is 12.0. The van der Waals surface area contributed by atoms with Crippen LogP contribution in [-0.4, -0.2) is 15.3 Å². The van der Waals surface area contributed by atoms with Crippen molar-refractivity contribution >= 4 is 40.0 Å². The second-order valence-electron chi connectivity index (χ2n) is 4.08. The van der Waals surface area contributed by atoms with Gasteiger partial charge in [0.15, 0.2) is 0 Å². The molecule has 1 N–H and O–H groups in total. The van der Waals surface area contributed by atoms with Crippen LogP contribution in [0.2, 0.25) is 5.02 Å². The predicted octanol–water partition coefficient (Wildman–Crippen LogP) is 3.81. The monoisotopic (exact) mass is 299 g/mol. The minimum absolute atomic E-state index is 0.505. The van der Waals surface area contributed by atoms with E-state index >= 15 is 0 Å². The molecule has 0 atom stereocenters. The molecule has 3 nitrogen and oxygen atoms in total. The summed E-state index contributed by atoms with van der Waals surface area (Å²) in [7, 11) is 0. The molecule has 5 heteroatoms. The van der Waals surface area contributed by atoms with Crippen molar-refractivity contribution in [3.63, 3.8) is 0 Å². The first-order valence-electron chi connectivity index (χ1n) is 6.03. The number of hydrogen-bond acceptors (Lipinski definition) is 4. The predicted molar refractivity (Wildman–Crippen MR) is 84.2 cm³/mol. The molecule has 1 heterocycles. The number of anilines is 1. The highest BCUT2D eigenvalue weighted by molar-refractivity contribution is 7.00. The molecule has 2 aromatic carbocycles. The quantitative estimate of drug-likeness (QED) is 0.731. The van der Waals surface area contributed by atoms with Gasteiger partial charge in [-0.25, -0.2) is 0 Å². The van der Waals surface area contributed by atoms with E-state index < -0.39 is 0 Å². The summed E-state index contributed by atoms with van der Waals surface area (Å²) in [5.74, 6) is 6.16.